The van der Waals surface area contributed by atoms with E-state index in [4.69, 9.17) is 0 Å². The SMILES string of the molecule is CNCCCC(=O)Nc1ccc(F)c(NS(C)(=O)=O)c1.Cl. The predicted molar refractivity (Wildman–Crippen MR) is 83.9 cm³/mol. The molecule has 3 N–H and O–H groups in total. The van der Waals surface area contributed by atoms with Gasteiger partial charge in [0.2, 0.25) is 15.9 Å². The van der Waals surface area contributed by atoms with E-state index in [9.17, 15) is 17.6 Å². The molecule has 0 unspecified atom stereocenters. The maximum absolute atomic E-state index is 13.4. The number of carbonyl (C=O) groups is 1. The van der Waals surface area contributed by atoms with E-state index in [1.54, 1.807) is 7.05 Å². The normalized spacial score (nSPS) is 10.6. The molecule has 0 aliphatic heterocycles. The van der Waals surface area contributed by atoms with Crippen molar-refractivity contribution in [3.8, 4) is 0 Å². The van der Waals surface area contributed by atoms with Gasteiger partial charge in [0.15, 0.2) is 0 Å². The van der Waals surface area contributed by atoms with Crippen LogP contribution in [0.3, 0.4) is 0 Å². The minimum absolute atomic E-state index is 0. The summed E-state index contributed by atoms with van der Waals surface area (Å²) in [5.41, 5.74) is 0.146. The summed E-state index contributed by atoms with van der Waals surface area (Å²) < 4.78 is 37.7. The lowest BCUT2D eigenvalue weighted by Crippen LogP contribution is -2.16. The Morgan fingerprint density at radius 3 is 2.57 bits per heavy atom. The van der Waals surface area contributed by atoms with Gasteiger partial charge in [0.25, 0.3) is 0 Å². The van der Waals surface area contributed by atoms with Gasteiger partial charge in [-0.15, -0.1) is 12.4 Å². The average Bonchev–Trinajstić information content (AvgIpc) is 2.32. The number of nitrogens with one attached hydrogen (secondary N) is 3. The van der Waals surface area contributed by atoms with Crippen LogP contribution in [0.1, 0.15) is 12.8 Å². The summed E-state index contributed by atoms with van der Waals surface area (Å²) in [6, 6.07) is 3.71. The number of sulfonamides is 1. The molecule has 6 nitrogen and oxygen atoms in total. The van der Waals surface area contributed by atoms with Crippen LogP contribution < -0.4 is 15.4 Å². The van der Waals surface area contributed by atoms with Crippen LogP contribution in [0.15, 0.2) is 18.2 Å². The smallest absolute Gasteiger partial charge is 0.229 e. The average molecular weight is 340 g/mol. The van der Waals surface area contributed by atoms with Crippen LogP contribution in [-0.2, 0) is 14.8 Å². The van der Waals surface area contributed by atoms with Crippen molar-refractivity contribution in [3.05, 3.63) is 24.0 Å². The molecular formula is C12H19ClFN3O3S. The van der Waals surface area contributed by atoms with E-state index in [1.165, 1.54) is 12.1 Å². The number of anilines is 2. The summed E-state index contributed by atoms with van der Waals surface area (Å²) in [6.07, 6.45) is 1.93. The second kappa shape index (κ2) is 8.81. The Morgan fingerprint density at radius 1 is 1.33 bits per heavy atom. The van der Waals surface area contributed by atoms with Crippen LogP contribution in [0.2, 0.25) is 0 Å². The van der Waals surface area contributed by atoms with E-state index in [-0.39, 0.29) is 24.0 Å². The maximum atomic E-state index is 13.4. The van der Waals surface area contributed by atoms with Crippen molar-refractivity contribution in [1.82, 2.24) is 5.32 Å². The molecule has 1 aromatic rings. The van der Waals surface area contributed by atoms with E-state index in [2.05, 4.69) is 15.4 Å². The maximum Gasteiger partial charge on any atom is 0.229 e. The van der Waals surface area contributed by atoms with Crippen LogP contribution >= 0.6 is 12.4 Å². The molecule has 0 fully saturated rings. The van der Waals surface area contributed by atoms with Gasteiger partial charge in [0, 0.05) is 12.1 Å². The molecule has 0 aliphatic rings. The lowest BCUT2D eigenvalue weighted by atomic mass is 10.2. The third kappa shape index (κ3) is 7.84. The van der Waals surface area contributed by atoms with Crippen molar-refractivity contribution in [2.24, 2.45) is 0 Å². The van der Waals surface area contributed by atoms with E-state index < -0.39 is 15.8 Å². The molecule has 9 heteroatoms. The molecule has 0 spiro atoms. The third-order valence-electron chi connectivity index (χ3n) is 2.38. The highest BCUT2D eigenvalue weighted by Gasteiger charge is 2.10. The summed E-state index contributed by atoms with van der Waals surface area (Å²) in [4.78, 5) is 11.6. The van der Waals surface area contributed by atoms with Crippen molar-refractivity contribution in [2.75, 3.05) is 29.9 Å². The quantitative estimate of drug-likeness (QED) is 0.658. The molecule has 0 heterocycles. The number of halogens is 2. The van der Waals surface area contributed by atoms with Crippen LogP contribution in [0.4, 0.5) is 15.8 Å². The highest BCUT2D eigenvalue weighted by Crippen LogP contribution is 2.20. The Labute approximate surface area is 130 Å². The molecule has 0 saturated heterocycles. The van der Waals surface area contributed by atoms with Crippen LogP contribution in [0.25, 0.3) is 0 Å². The number of carbonyl (C=O) groups excluding carboxylic acids is 1. The van der Waals surface area contributed by atoms with Gasteiger partial charge in [-0.3, -0.25) is 9.52 Å². The lowest BCUT2D eigenvalue weighted by molar-refractivity contribution is -0.116. The van der Waals surface area contributed by atoms with Gasteiger partial charge in [-0.2, -0.15) is 0 Å². The summed E-state index contributed by atoms with van der Waals surface area (Å²) in [5, 5.41) is 5.51. The molecule has 21 heavy (non-hydrogen) atoms. The second-order valence-electron chi connectivity index (χ2n) is 4.32. The Hall–Kier alpha value is -1.38. The summed E-state index contributed by atoms with van der Waals surface area (Å²) in [7, 11) is -1.78. The monoisotopic (exact) mass is 339 g/mol. The zero-order chi connectivity index (χ0) is 15.2. The highest BCUT2D eigenvalue weighted by atomic mass is 35.5. The molecule has 0 saturated carbocycles. The van der Waals surface area contributed by atoms with Gasteiger partial charge >= 0.3 is 0 Å². The summed E-state index contributed by atoms with van der Waals surface area (Å²) >= 11 is 0. The first-order chi connectivity index (χ1) is 9.31. The zero-order valence-corrected chi connectivity index (χ0v) is 13.4. The van der Waals surface area contributed by atoms with Crippen LogP contribution in [0.5, 0.6) is 0 Å². The Bertz CT molecular complexity index is 581. The third-order valence-corrected chi connectivity index (χ3v) is 2.97. The van der Waals surface area contributed by atoms with Gasteiger partial charge in [0.05, 0.1) is 11.9 Å². The van der Waals surface area contributed by atoms with Crippen LogP contribution in [0, 0.1) is 5.82 Å². The lowest BCUT2D eigenvalue weighted by Gasteiger charge is -2.09. The zero-order valence-electron chi connectivity index (χ0n) is 11.8. The first-order valence-electron chi connectivity index (χ1n) is 6.03. The van der Waals surface area contributed by atoms with Crippen molar-refractivity contribution in [1.29, 1.82) is 0 Å². The number of rotatable bonds is 7. The molecule has 0 atom stereocenters. The predicted octanol–water partition coefficient (Wildman–Crippen LogP) is 1.56. The molecule has 120 valence electrons. The van der Waals surface area contributed by atoms with Gasteiger partial charge in [-0.25, -0.2) is 12.8 Å². The molecule has 1 rings (SSSR count). The second-order valence-corrected chi connectivity index (χ2v) is 6.07. The Morgan fingerprint density at radius 2 is 2.00 bits per heavy atom. The van der Waals surface area contributed by atoms with Gasteiger partial charge < -0.3 is 10.6 Å². The molecule has 1 amide bonds. The van der Waals surface area contributed by atoms with Crippen LogP contribution in [-0.4, -0.2) is 34.2 Å². The number of hydrogen-bond donors (Lipinski definition) is 3. The standard InChI is InChI=1S/C12H18FN3O3S.ClH/c1-14-7-3-4-12(17)15-9-5-6-10(13)11(8-9)16-20(2,18)19;/h5-6,8,14,16H,3-4,7H2,1-2H3,(H,15,17);1H. The van der Waals surface area contributed by atoms with Gasteiger partial charge in [-0.1, -0.05) is 0 Å². The first-order valence-corrected chi connectivity index (χ1v) is 7.93. The van der Waals surface area contributed by atoms with Crippen molar-refractivity contribution in [3.63, 3.8) is 0 Å². The molecular weight excluding hydrogens is 321 g/mol. The molecule has 0 bridgehead atoms. The number of amides is 1. The number of hydrogen-bond acceptors (Lipinski definition) is 4. The van der Waals surface area contributed by atoms with E-state index in [0.717, 1.165) is 18.9 Å². The Kier molecular flexibility index (Phi) is 8.23. The summed E-state index contributed by atoms with van der Waals surface area (Å²) in [6.45, 7) is 0.720. The first kappa shape index (κ1) is 19.6. The topological polar surface area (TPSA) is 87.3 Å². The molecule has 0 aliphatic carbocycles. The fourth-order valence-corrected chi connectivity index (χ4v) is 2.09. The fraction of sp³-hybridized carbons (Fsp3) is 0.417. The Balaban J connectivity index is 0.00000400. The minimum Gasteiger partial charge on any atom is -0.326 e. The molecule has 0 aromatic heterocycles. The van der Waals surface area contributed by atoms with E-state index in [0.29, 0.717) is 18.5 Å². The van der Waals surface area contributed by atoms with Crippen molar-refractivity contribution >= 4 is 39.7 Å². The largest absolute Gasteiger partial charge is 0.326 e. The van der Waals surface area contributed by atoms with Crippen molar-refractivity contribution in [2.45, 2.75) is 12.8 Å². The van der Waals surface area contributed by atoms with Crippen molar-refractivity contribution < 1.29 is 17.6 Å². The van der Waals surface area contributed by atoms with E-state index >= 15 is 0 Å². The molecule has 1 aromatic carbocycles. The summed E-state index contributed by atoms with van der Waals surface area (Å²) in [5.74, 6) is -0.916. The fourth-order valence-electron chi connectivity index (χ4n) is 1.53. The van der Waals surface area contributed by atoms with Gasteiger partial charge in [-0.05, 0) is 38.2 Å². The van der Waals surface area contributed by atoms with E-state index in [1.807, 2.05) is 0 Å². The number of benzene rings is 1. The molecule has 0 radical (unpaired) electrons. The van der Waals surface area contributed by atoms with Gasteiger partial charge in [0.1, 0.15) is 5.82 Å². The highest BCUT2D eigenvalue weighted by molar-refractivity contribution is 7.92. The minimum atomic E-state index is -3.57.